The molecule has 156 valence electrons. The van der Waals surface area contributed by atoms with E-state index in [-0.39, 0.29) is 31.1 Å². The van der Waals surface area contributed by atoms with Gasteiger partial charge in [-0.3, -0.25) is 9.36 Å². The molecule has 2 aromatic rings. The highest BCUT2D eigenvalue weighted by atomic mass is 19.2. The number of halogens is 4. The molecule has 0 aliphatic carbocycles. The minimum absolute atomic E-state index is 0.0829. The predicted molar refractivity (Wildman–Crippen MR) is 95.0 cm³/mol. The average molecular weight is 412 g/mol. The quantitative estimate of drug-likeness (QED) is 0.728. The third kappa shape index (κ3) is 3.44. The highest BCUT2D eigenvalue weighted by molar-refractivity contribution is 5.81. The van der Waals surface area contributed by atoms with Crippen molar-refractivity contribution in [2.24, 2.45) is 0 Å². The maximum absolute atomic E-state index is 14.0. The third-order valence-electron chi connectivity index (χ3n) is 5.64. The zero-order valence-corrected chi connectivity index (χ0v) is 15.7. The van der Waals surface area contributed by atoms with Crippen LogP contribution in [0, 0.1) is 11.6 Å². The second-order valence-corrected chi connectivity index (χ2v) is 7.67. The molecule has 0 radical (unpaired) electrons. The Bertz CT molecular complexity index is 995. The smallest absolute Gasteiger partial charge is 0.335 e. The Balaban J connectivity index is 1.67. The van der Waals surface area contributed by atoms with E-state index in [0.717, 1.165) is 21.7 Å². The lowest BCUT2D eigenvalue weighted by Crippen LogP contribution is -2.42. The number of fused-ring (bicyclic) bond motifs is 1. The maximum atomic E-state index is 14.0. The molecule has 0 spiro atoms. The molecule has 0 bridgehead atoms. The van der Waals surface area contributed by atoms with Gasteiger partial charge in [0.25, 0.3) is 0 Å². The van der Waals surface area contributed by atoms with Crippen molar-refractivity contribution < 1.29 is 22.4 Å². The average Bonchev–Trinajstić information content (AvgIpc) is 3.18. The van der Waals surface area contributed by atoms with Crippen LogP contribution in [0.3, 0.4) is 0 Å². The van der Waals surface area contributed by atoms with Crippen LogP contribution in [0.4, 0.5) is 17.6 Å². The van der Waals surface area contributed by atoms with Crippen molar-refractivity contribution in [3.8, 4) is 0 Å². The first-order chi connectivity index (χ1) is 13.8. The molecular formula is C19H20F4N4O2. The molecule has 4 atom stereocenters. The molecule has 1 fully saturated rings. The number of hydrogen-bond donors (Lipinski definition) is 0. The molecule has 0 unspecified atom stereocenters. The van der Waals surface area contributed by atoms with Gasteiger partial charge in [-0.25, -0.2) is 27.0 Å². The number of aromatic nitrogens is 3. The first-order valence-corrected chi connectivity index (χ1v) is 9.46. The van der Waals surface area contributed by atoms with Gasteiger partial charge in [-0.1, -0.05) is 13.0 Å². The van der Waals surface area contributed by atoms with Gasteiger partial charge in [0.1, 0.15) is 23.5 Å². The van der Waals surface area contributed by atoms with E-state index in [9.17, 15) is 27.2 Å². The Labute approximate surface area is 163 Å². The number of amides is 1. The fourth-order valence-electron chi connectivity index (χ4n) is 4.00. The SMILES string of the molecule is C[C@@H]1CC[C@H](C(=O)N2C[C@@H](F)[C@@H](F)C2)n2c1nn(Cc1ccc(F)cc1F)c2=O. The number of alkyl halides is 2. The Kier molecular flexibility index (Phi) is 4.95. The molecule has 29 heavy (non-hydrogen) atoms. The number of likely N-dealkylation sites (tertiary alicyclic amines) is 1. The van der Waals surface area contributed by atoms with Crippen molar-refractivity contribution in [1.82, 2.24) is 19.2 Å². The molecule has 2 aliphatic rings. The molecule has 2 aliphatic heterocycles. The van der Waals surface area contributed by atoms with E-state index in [1.54, 1.807) is 0 Å². The van der Waals surface area contributed by atoms with Crippen molar-refractivity contribution in [1.29, 1.82) is 0 Å². The molecule has 0 N–H and O–H groups in total. The minimum Gasteiger partial charge on any atom is -0.335 e. The van der Waals surface area contributed by atoms with Crippen LogP contribution in [0.1, 0.15) is 43.1 Å². The van der Waals surface area contributed by atoms with Crippen LogP contribution in [-0.4, -0.2) is 50.6 Å². The molecule has 10 heteroatoms. The van der Waals surface area contributed by atoms with Crippen molar-refractivity contribution >= 4 is 5.91 Å². The molecule has 1 saturated heterocycles. The van der Waals surface area contributed by atoms with Crippen molar-refractivity contribution in [2.45, 2.75) is 50.6 Å². The summed E-state index contributed by atoms with van der Waals surface area (Å²) in [5.41, 5.74) is -0.527. The fourth-order valence-corrected chi connectivity index (χ4v) is 4.00. The lowest BCUT2D eigenvalue weighted by atomic mass is 9.95. The monoisotopic (exact) mass is 412 g/mol. The molecule has 0 saturated carbocycles. The summed E-state index contributed by atoms with van der Waals surface area (Å²) in [6.07, 6.45) is -2.55. The Morgan fingerprint density at radius 2 is 1.86 bits per heavy atom. The normalized spacial score (nSPS) is 26.6. The zero-order chi connectivity index (χ0) is 20.9. The van der Waals surface area contributed by atoms with Gasteiger partial charge in [-0.05, 0) is 18.9 Å². The van der Waals surface area contributed by atoms with Crippen LogP contribution in [0.25, 0.3) is 0 Å². The topological polar surface area (TPSA) is 60.1 Å². The van der Waals surface area contributed by atoms with Crippen molar-refractivity contribution in [3.05, 3.63) is 51.7 Å². The highest BCUT2D eigenvalue weighted by Gasteiger charge is 2.41. The van der Waals surface area contributed by atoms with Crippen LogP contribution in [0.5, 0.6) is 0 Å². The number of nitrogens with zero attached hydrogens (tertiary/aromatic N) is 4. The first-order valence-electron chi connectivity index (χ1n) is 9.46. The van der Waals surface area contributed by atoms with E-state index in [2.05, 4.69) is 5.10 Å². The van der Waals surface area contributed by atoms with E-state index >= 15 is 0 Å². The second-order valence-electron chi connectivity index (χ2n) is 7.67. The van der Waals surface area contributed by atoms with E-state index in [1.165, 1.54) is 10.6 Å². The van der Waals surface area contributed by atoms with E-state index in [0.29, 0.717) is 18.7 Å². The summed E-state index contributed by atoms with van der Waals surface area (Å²) < 4.78 is 56.4. The third-order valence-corrected chi connectivity index (χ3v) is 5.64. The molecule has 4 rings (SSSR count). The van der Waals surface area contributed by atoms with E-state index in [1.807, 2.05) is 6.92 Å². The zero-order valence-electron chi connectivity index (χ0n) is 15.7. The Hall–Kier alpha value is -2.65. The number of rotatable bonds is 3. The highest BCUT2D eigenvalue weighted by Crippen LogP contribution is 2.33. The van der Waals surface area contributed by atoms with Gasteiger partial charge in [0.15, 0.2) is 12.3 Å². The molecule has 1 aromatic heterocycles. The number of carbonyl (C=O) groups excluding carboxylic acids is 1. The van der Waals surface area contributed by atoms with Crippen molar-refractivity contribution in [2.75, 3.05) is 13.1 Å². The lowest BCUT2D eigenvalue weighted by Gasteiger charge is -2.29. The van der Waals surface area contributed by atoms with Gasteiger partial charge >= 0.3 is 5.69 Å². The summed E-state index contributed by atoms with van der Waals surface area (Å²) in [7, 11) is 0. The summed E-state index contributed by atoms with van der Waals surface area (Å²) in [4.78, 5) is 26.9. The summed E-state index contributed by atoms with van der Waals surface area (Å²) in [6, 6.07) is 2.13. The van der Waals surface area contributed by atoms with Gasteiger partial charge in [-0.15, -0.1) is 0 Å². The second kappa shape index (κ2) is 7.31. The molecule has 3 heterocycles. The molecule has 6 nitrogen and oxygen atoms in total. The van der Waals surface area contributed by atoms with Crippen LogP contribution in [0.15, 0.2) is 23.0 Å². The molecular weight excluding hydrogens is 392 g/mol. The summed E-state index contributed by atoms with van der Waals surface area (Å²) in [5, 5.41) is 4.27. The maximum Gasteiger partial charge on any atom is 0.347 e. The summed E-state index contributed by atoms with van der Waals surface area (Å²) in [5.74, 6) is -1.80. The number of hydrogen-bond acceptors (Lipinski definition) is 3. The van der Waals surface area contributed by atoms with Crippen LogP contribution in [0.2, 0.25) is 0 Å². The Morgan fingerprint density at radius 1 is 1.17 bits per heavy atom. The van der Waals surface area contributed by atoms with Gasteiger partial charge in [0.05, 0.1) is 19.6 Å². The van der Waals surface area contributed by atoms with Crippen molar-refractivity contribution in [3.63, 3.8) is 0 Å². The van der Waals surface area contributed by atoms with Crippen LogP contribution in [-0.2, 0) is 11.3 Å². The fraction of sp³-hybridized carbons (Fsp3) is 0.526. The predicted octanol–water partition coefficient (Wildman–Crippen LogP) is 2.33. The van der Waals surface area contributed by atoms with Crippen LogP contribution < -0.4 is 5.69 Å². The van der Waals surface area contributed by atoms with Gasteiger partial charge in [0, 0.05) is 17.5 Å². The largest absolute Gasteiger partial charge is 0.347 e. The van der Waals surface area contributed by atoms with Gasteiger partial charge in [-0.2, -0.15) is 5.10 Å². The Morgan fingerprint density at radius 3 is 2.52 bits per heavy atom. The van der Waals surface area contributed by atoms with Gasteiger partial charge in [0.2, 0.25) is 5.91 Å². The standard InChI is InChI=1S/C19H20F4N4O2/c1-10-2-5-16(18(28)25-8-14(22)15(23)9-25)27-17(10)24-26(19(27)29)7-11-3-4-12(20)6-13(11)21/h3-4,6,10,14-16H,2,5,7-9H2,1H3/t10-,14-,15+,16-/m1/s1. The first kappa shape index (κ1) is 19.7. The molecule has 1 amide bonds. The number of benzene rings is 1. The van der Waals surface area contributed by atoms with E-state index in [4.69, 9.17) is 0 Å². The van der Waals surface area contributed by atoms with Gasteiger partial charge < -0.3 is 4.90 Å². The summed E-state index contributed by atoms with van der Waals surface area (Å²) in [6.45, 7) is 0.949. The minimum atomic E-state index is -1.73. The number of carbonyl (C=O) groups is 1. The summed E-state index contributed by atoms with van der Waals surface area (Å²) >= 11 is 0. The van der Waals surface area contributed by atoms with E-state index < -0.39 is 41.6 Å². The molecule has 1 aromatic carbocycles. The lowest BCUT2D eigenvalue weighted by molar-refractivity contribution is -0.134. The van der Waals surface area contributed by atoms with Crippen LogP contribution >= 0.6 is 0 Å².